The SMILES string of the molecule is Cn1cc(-c2cc3c(c(S(=O)(=O)Nc4ccsc4C(=O)COC(C)(C)C)c2)OCC3)cn1. The number of Topliss-reactive ketones (excluding diaryl/α,β-unsaturated/α-hetero) is 1. The van der Waals surface area contributed by atoms with Crippen molar-refractivity contribution in [2.24, 2.45) is 7.05 Å². The minimum Gasteiger partial charge on any atom is -0.492 e. The van der Waals surface area contributed by atoms with Gasteiger partial charge in [0.25, 0.3) is 10.0 Å². The second kappa shape index (κ2) is 8.34. The van der Waals surface area contributed by atoms with Crippen LogP contribution in [-0.2, 0) is 28.2 Å². The first-order valence-electron chi connectivity index (χ1n) is 10.1. The van der Waals surface area contributed by atoms with Gasteiger partial charge in [-0.2, -0.15) is 5.10 Å². The fraction of sp³-hybridized carbons (Fsp3) is 0.364. The number of thiophene rings is 1. The average molecular weight is 476 g/mol. The van der Waals surface area contributed by atoms with Gasteiger partial charge in [-0.15, -0.1) is 11.3 Å². The Morgan fingerprint density at radius 1 is 1.31 bits per heavy atom. The first kappa shape index (κ1) is 22.5. The summed E-state index contributed by atoms with van der Waals surface area (Å²) in [5.41, 5.74) is 2.13. The molecule has 4 rings (SSSR count). The summed E-state index contributed by atoms with van der Waals surface area (Å²) in [5.74, 6) is 0.0718. The number of aromatic nitrogens is 2. The van der Waals surface area contributed by atoms with Crippen LogP contribution in [-0.4, -0.2) is 42.8 Å². The van der Waals surface area contributed by atoms with E-state index in [1.807, 2.05) is 33.0 Å². The number of ketones is 1. The van der Waals surface area contributed by atoms with Crippen molar-refractivity contribution >= 4 is 32.8 Å². The van der Waals surface area contributed by atoms with Gasteiger partial charge in [-0.25, -0.2) is 8.42 Å². The number of carbonyl (C=O) groups is 1. The first-order chi connectivity index (χ1) is 15.0. The molecule has 0 fully saturated rings. The third kappa shape index (κ3) is 4.72. The summed E-state index contributed by atoms with van der Waals surface area (Å²) >= 11 is 1.17. The van der Waals surface area contributed by atoms with Crippen molar-refractivity contribution in [1.82, 2.24) is 9.78 Å². The number of benzene rings is 1. The Labute approximate surface area is 191 Å². The number of carbonyl (C=O) groups excluding carboxylic acids is 1. The molecule has 32 heavy (non-hydrogen) atoms. The quantitative estimate of drug-likeness (QED) is 0.521. The van der Waals surface area contributed by atoms with E-state index in [2.05, 4.69) is 9.82 Å². The van der Waals surface area contributed by atoms with Crippen LogP contribution in [0.5, 0.6) is 5.75 Å². The van der Waals surface area contributed by atoms with Crippen LogP contribution in [0.1, 0.15) is 36.0 Å². The summed E-state index contributed by atoms with van der Waals surface area (Å²) < 4.78 is 42.2. The molecule has 0 bridgehead atoms. The van der Waals surface area contributed by atoms with Crippen molar-refractivity contribution in [3.63, 3.8) is 0 Å². The maximum Gasteiger partial charge on any atom is 0.265 e. The van der Waals surface area contributed by atoms with E-state index in [1.165, 1.54) is 11.3 Å². The number of anilines is 1. The predicted molar refractivity (Wildman–Crippen MR) is 123 cm³/mol. The summed E-state index contributed by atoms with van der Waals surface area (Å²) in [6.07, 6.45) is 4.14. The van der Waals surface area contributed by atoms with Crippen LogP contribution < -0.4 is 9.46 Å². The lowest BCUT2D eigenvalue weighted by molar-refractivity contribution is 0.00326. The highest BCUT2D eigenvalue weighted by Crippen LogP contribution is 2.38. The molecule has 0 amide bonds. The van der Waals surface area contributed by atoms with E-state index in [4.69, 9.17) is 9.47 Å². The molecule has 3 heterocycles. The zero-order valence-corrected chi connectivity index (χ0v) is 20.0. The standard InChI is InChI=1S/C22H25N3O5S2/c1-22(2,3)30-13-18(26)21-17(6-8-31-21)24-32(27,28)19-10-15(16-11-23-25(4)12-16)9-14-5-7-29-20(14)19/h6,8-12,24H,5,7,13H2,1-4H3. The number of nitrogens with zero attached hydrogens (tertiary/aromatic N) is 2. The Hall–Kier alpha value is -2.69. The average Bonchev–Trinajstić information content (AvgIpc) is 3.44. The van der Waals surface area contributed by atoms with Crippen molar-refractivity contribution < 1.29 is 22.7 Å². The smallest absolute Gasteiger partial charge is 0.265 e. The third-order valence-corrected chi connectivity index (χ3v) is 7.20. The van der Waals surface area contributed by atoms with Gasteiger partial charge in [0, 0.05) is 25.2 Å². The molecule has 1 aliphatic rings. The summed E-state index contributed by atoms with van der Waals surface area (Å²) in [4.78, 5) is 13.0. The van der Waals surface area contributed by atoms with Crippen LogP contribution >= 0.6 is 11.3 Å². The van der Waals surface area contributed by atoms with Gasteiger partial charge in [-0.1, -0.05) is 0 Å². The van der Waals surface area contributed by atoms with Crippen LogP contribution in [0, 0.1) is 0 Å². The number of hydrogen-bond donors (Lipinski definition) is 1. The topological polar surface area (TPSA) is 99.5 Å². The zero-order valence-electron chi connectivity index (χ0n) is 18.3. The molecular formula is C22H25N3O5S2. The summed E-state index contributed by atoms with van der Waals surface area (Å²) in [5, 5.41) is 5.85. The van der Waals surface area contributed by atoms with Crippen LogP contribution in [0.2, 0.25) is 0 Å². The molecule has 0 saturated heterocycles. The number of rotatable bonds is 7. The summed E-state index contributed by atoms with van der Waals surface area (Å²) in [6.45, 7) is 5.85. The number of ether oxygens (including phenoxy) is 2. The van der Waals surface area contributed by atoms with Crippen LogP contribution in [0.25, 0.3) is 11.1 Å². The van der Waals surface area contributed by atoms with Gasteiger partial charge in [-0.05, 0) is 55.5 Å². The highest BCUT2D eigenvalue weighted by molar-refractivity contribution is 7.92. The maximum absolute atomic E-state index is 13.4. The number of hydrogen-bond acceptors (Lipinski definition) is 7. The third-order valence-electron chi connectivity index (χ3n) is 4.88. The Balaban J connectivity index is 1.66. The van der Waals surface area contributed by atoms with Gasteiger partial charge >= 0.3 is 0 Å². The van der Waals surface area contributed by atoms with E-state index in [0.29, 0.717) is 23.7 Å². The van der Waals surface area contributed by atoms with E-state index in [1.54, 1.807) is 35.4 Å². The minimum atomic E-state index is -4.02. The summed E-state index contributed by atoms with van der Waals surface area (Å²) in [6, 6.07) is 5.10. The second-order valence-corrected chi connectivity index (χ2v) is 11.1. The number of sulfonamides is 1. The van der Waals surface area contributed by atoms with E-state index in [9.17, 15) is 13.2 Å². The van der Waals surface area contributed by atoms with Gasteiger partial charge < -0.3 is 9.47 Å². The van der Waals surface area contributed by atoms with Crippen LogP contribution in [0.15, 0.2) is 40.9 Å². The van der Waals surface area contributed by atoms with E-state index in [0.717, 1.165) is 16.7 Å². The largest absolute Gasteiger partial charge is 0.492 e. The molecule has 3 aromatic rings. The van der Waals surface area contributed by atoms with Gasteiger partial charge in [0.05, 0.1) is 29.0 Å². The molecule has 0 unspecified atom stereocenters. The van der Waals surface area contributed by atoms with E-state index < -0.39 is 15.6 Å². The molecule has 0 saturated carbocycles. The van der Waals surface area contributed by atoms with Gasteiger partial charge in [0.1, 0.15) is 17.3 Å². The number of fused-ring (bicyclic) bond motifs is 1. The van der Waals surface area contributed by atoms with Crippen molar-refractivity contribution in [1.29, 1.82) is 0 Å². The van der Waals surface area contributed by atoms with Gasteiger partial charge in [0.15, 0.2) is 0 Å². The Morgan fingerprint density at radius 3 is 2.78 bits per heavy atom. The van der Waals surface area contributed by atoms with Gasteiger partial charge in [0.2, 0.25) is 5.78 Å². The molecule has 2 aromatic heterocycles. The van der Waals surface area contributed by atoms with Gasteiger partial charge in [-0.3, -0.25) is 14.2 Å². The molecule has 1 aromatic carbocycles. The second-order valence-electron chi connectivity index (χ2n) is 8.56. The number of aryl methyl sites for hydroxylation is 1. The molecular weight excluding hydrogens is 450 g/mol. The molecule has 0 spiro atoms. The molecule has 0 radical (unpaired) electrons. The zero-order chi connectivity index (χ0) is 23.1. The monoisotopic (exact) mass is 475 g/mol. The molecule has 10 heteroatoms. The molecule has 1 aliphatic heterocycles. The molecule has 0 atom stereocenters. The predicted octanol–water partition coefficient (Wildman–Crippen LogP) is 3.88. The molecule has 8 nitrogen and oxygen atoms in total. The summed E-state index contributed by atoms with van der Waals surface area (Å²) in [7, 11) is -2.22. The Morgan fingerprint density at radius 2 is 2.09 bits per heavy atom. The molecule has 0 aliphatic carbocycles. The minimum absolute atomic E-state index is 0.0434. The van der Waals surface area contributed by atoms with E-state index >= 15 is 0 Å². The van der Waals surface area contributed by atoms with Crippen molar-refractivity contribution in [3.8, 4) is 16.9 Å². The lowest BCUT2D eigenvalue weighted by atomic mass is 10.0. The van der Waals surface area contributed by atoms with Crippen molar-refractivity contribution in [2.75, 3.05) is 17.9 Å². The first-order valence-corrected chi connectivity index (χ1v) is 12.5. The normalized spacial score (nSPS) is 13.6. The maximum atomic E-state index is 13.4. The Bertz CT molecular complexity index is 1270. The van der Waals surface area contributed by atoms with E-state index in [-0.39, 0.29) is 23.0 Å². The molecule has 1 N–H and O–H groups in total. The highest BCUT2D eigenvalue weighted by Gasteiger charge is 2.29. The fourth-order valence-electron chi connectivity index (χ4n) is 3.36. The molecule has 170 valence electrons. The van der Waals surface area contributed by atoms with Crippen LogP contribution in [0.4, 0.5) is 5.69 Å². The highest BCUT2D eigenvalue weighted by atomic mass is 32.2. The lowest BCUT2D eigenvalue weighted by Gasteiger charge is -2.19. The number of nitrogens with one attached hydrogen (secondary N) is 1. The Kier molecular flexibility index (Phi) is 5.87. The lowest BCUT2D eigenvalue weighted by Crippen LogP contribution is -2.24. The van der Waals surface area contributed by atoms with Crippen molar-refractivity contribution in [3.05, 3.63) is 46.4 Å². The van der Waals surface area contributed by atoms with Crippen LogP contribution in [0.3, 0.4) is 0 Å². The fourth-order valence-corrected chi connectivity index (χ4v) is 5.49. The van der Waals surface area contributed by atoms with Crippen molar-refractivity contribution in [2.45, 2.75) is 37.7 Å².